The summed E-state index contributed by atoms with van der Waals surface area (Å²) >= 11 is 13.1. The zero-order valence-electron chi connectivity index (χ0n) is 9.76. The molecule has 0 unspecified atom stereocenters. The van der Waals surface area contributed by atoms with Gasteiger partial charge < -0.3 is 4.74 Å². The Morgan fingerprint density at radius 3 is 2.74 bits per heavy atom. The van der Waals surface area contributed by atoms with Crippen LogP contribution in [-0.2, 0) is 4.74 Å². The SMILES string of the molecule is COC(=O)c1cncc(Sc2ccc(Cl)c(Cl)c2)n1. The molecule has 0 atom stereocenters. The number of rotatable bonds is 3. The van der Waals surface area contributed by atoms with Crippen LogP contribution >= 0.6 is 35.0 Å². The highest BCUT2D eigenvalue weighted by molar-refractivity contribution is 7.99. The third-order valence-corrected chi connectivity index (χ3v) is 3.75. The molecule has 0 saturated heterocycles. The molecule has 0 N–H and O–H groups in total. The Hall–Kier alpha value is -1.30. The highest BCUT2D eigenvalue weighted by atomic mass is 35.5. The van der Waals surface area contributed by atoms with E-state index in [1.165, 1.54) is 25.1 Å². The van der Waals surface area contributed by atoms with Crippen LogP contribution in [-0.4, -0.2) is 23.0 Å². The summed E-state index contributed by atoms with van der Waals surface area (Å²) in [7, 11) is 1.29. The molecule has 98 valence electrons. The Kier molecular flexibility index (Phi) is 4.63. The lowest BCUT2D eigenvalue weighted by Crippen LogP contribution is -2.05. The van der Waals surface area contributed by atoms with E-state index in [-0.39, 0.29) is 5.69 Å². The van der Waals surface area contributed by atoms with Gasteiger partial charge in [0.25, 0.3) is 0 Å². The summed E-state index contributed by atoms with van der Waals surface area (Å²) in [6.07, 6.45) is 2.91. The van der Waals surface area contributed by atoms with E-state index in [0.29, 0.717) is 15.1 Å². The molecular formula is C12H8Cl2N2O2S. The van der Waals surface area contributed by atoms with Crippen LogP contribution in [0.1, 0.15) is 10.5 Å². The van der Waals surface area contributed by atoms with Gasteiger partial charge in [0.2, 0.25) is 0 Å². The van der Waals surface area contributed by atoms with Crippen molar-refractivity contribution in [3.05, 3.63) is 46.3 Å². The second kappa shape index (κ2) is 6.23. The van der Waals surface area contributed by atoms with Gasteiger partial charge in [0.1, 0.15) is 5.03 Å². The highest BCUT2D eigenvalue weighted by Crippen LogP contribution is 2.31. The lowest BCUT2D eigenvalue weighted by molar-refractivity contribution is 0.0592. The maximum Gasteiger partial charge on any atom is 0.358 e. The monoisotopic (exact) mass is 314 g/mol. The third kappa shape index (κ3) is 3.59. The summed E-state index contributed by atoms with van der Waals surface area (Å²) in [6, 6.07) is 5.23. The molecule has 0 fully saturated rings. The highest BCUT2D eigenvalue weighted by Gasteiger charge is 2.09. The van der Waals surface area contributed by atoms with Crippen molar-refractivity contribution in [3.8, 4) is 0 Å². The van der Waals surface area contributed by atoms with E-state index in [1.54, 1.807) is 18.3 Å². The fourth-order valence-electron chi connectivity index (χ4n) is 1.26. The predicted molar refractivity (Wildman–Crippen MR) is 74.0 cm³/mol. The van der Waals surface area contributed by atoms with Crippen LogP contribution in [0.5, 0.6) is 0 Å². The fraction of sp³-hybridized carbons (Fsp3) is 0.0833. The zero-order chi connectivity index (χ0) is 13.8. The van der Waals surface area contributed by atoms with Crippen molar-refractivity contribution in [3.63, 3.8) is 0 Å². The van der Waals surface area contributed by atoms with Crippen LogP contribution in [0.3, 0.4) is 0 Å². The molecule has 0 aliphatic heterocycles. The molecule has 0 amide bonds. The van der Waals surface area contributed by atoms with E-state index < -0.39 is 5.97 Å². The first-order chi connectivity index (χ1) is 9.10. The van der Waals surface area contributed by atoms with Gasteiger partial charge >= 0.3 is 5.97 Å². The number of halogens is 2. The van der Waals surface area contributed by atoms with Crippen LogP contribution in [0.4, 0.5) is 0 Å². The van der Waals surface area contributed by atoms with Gasteiger partial charge in [-0.2, -0.15) is 0 Å². The second-order valence-corrected chi connectivity index (χ2v) is 5.32. The van der Waals surface area contributed by atoms with E-state index in [9.17, 15) is 4.79 Å². The Morgan fingerprint density at radius 2 is 2.05 bits per heavy atom. The number of hydrogen-bond donors (Lipinski definition) is 0. The molecular weight excluding hydrogens is 307 g/mol. The first kappa shape index (κ1) is 14.1. The normalized spacial score (nSPS) is 10.3. The summed E-state index contributed by atoms with van der Waals surface area (Å²) in [4.78, 5) is 20.3. The van der Waals surface area contributed by atoms with Gasteiger partial charge in [-0.3, -0.25) is 4.98 Å². The minimum absolute atomic E-state index is 0.160. The van der Waals surface area contributed by atoms with Crippen molar-refractivity contribution in [2.75, 3.05) is 7.11 Å². The molecule has 1 heterocycles. The largest absolute Gasteiger partial charge is 0.464 e. The number of methoxy groups -OCH3 is 1. The van der Waals surface area contributed by atoms with Crippen LogP contribution in [0.25, 0.3) is 0 Å². The molecule has 4 nitrogen and oxygen atoms in total. The van der Waals surface area contributed by atoms with E-state index in [1.807, 2.05) is 6.07 Å². The van der Waals surface area contributed by atoms with Gasteiger partial charge in [0.05, 0.1) is 29.5 Å². The number of carbonyl (C=O) groups is 1. The number of ether oxygens (including phenoxy) is 1. The summed E-state index contributed by atoms with van der Waals surface area (Å²) in [5.74, 6) is -0.524. The number of aromatic nitrogens is 2. The molecule has 0 aliphatic carbocycles. The molecule has 19 heavy (non-hydrogen) atoms. The Bertz CT molecular complexity index is 622. The van der Waals surface area contributed by atoms with Crippen molar-refractivity contribution >= 4 is 40.9 Å². The van der Waals surface area contributed by atoms with Crippen molar-refractivity contribution < 1.29 is 9.53 Å². The minimum Gasteiger partial charge on any atom is -0.464 e. The first-order valence-corrected chi connectivity index (χ1v) is 6.70. The molecule has 0 radical (unpaired) electrons. The zero-order valence-corrected chi connectivity index (χ0v) is 12.1. The second-order valence-electron chi connectivity index (χ2n) is 3.41. The quantitative estimate of drug-likeness (QED) is 0.808. The molecule has 0 aliphatic rings. The molecule has 0 spiro atoms. The Labute approximate surface area is 124 Å². The number of esters is 1. The number of hydrogen-bond acceptors (Lipinski definition) is 5. The van der Waals surface area contributed by atoms with Gasteiger partial charge in [-0.15, -0.1) is 0 Å². The first-order valence-electron chi connectivity index (χ1n) is 5.13. The fourth-order valence-corrected chi connectivity index (χ4v) is 2.44. The van der Waals surface area contributed by atoms with Crippen molar-refractivity contribution in [2.45, 2.75) is 9.92 Å². The van der Waals surface area contributed by atoms with Gasteiger partial charge in [-0.25, -0.2) is 9.78 Å². The number of benzene rings is 1. The summed E-state index contributed by atoms with van der Waals surface area (Å²) in [5, 5.41) is 1.52. The van der Waals surface area contributed by atoms with Gasteiger partial charge in [0.15, 0.2) is 5.69 Å². The Morgan fingerprint density at radius 1 is 1.26 bits per heavy atom. The van der Waals surface area contributed by atoms with Crippen molar-refractivity contribution in [2.24, 2.45) is 0 Å². The van der Waals surface area contributed by atoms with Crippen LogP contribution in [0.15, 0.2) is 40.5 Å². The van der Waals surface area contributed by atoms with Crippen LogP contribution < -0.4 is 0 Å². The van der Waals surface area contributed by atoms with Gasteiger partial charge in [0, 0.05) is 4.90 Å². The number of carbonyl (C=O) groups excluding carboxylic acids is 1. The van der Waals surface area contributed by atoms with Crippen molar-refractivity contribution in [1.29, 1.82) is 0 Å². The van der Waals surface area contributed by atoms with Crippen molar-refractivity contribution in [1.82, 2.24) is 9.97 Å². The third-order valence-electron chi connectivity index (χ3n) is 2.12. The molecule has 1 aromatic heterocycles. The molecule has 2 rings (SSSR count). The summed E-state index contributed by atoms with van der Waals surface area (Å²) in [5.41, 5.74) is 0.160. The number of nitrogens with zero attached hydrogens (tertiary/aromatic N) is 2. The average molecular weight is 315 g/mol. The predicted octanol–water partition coefficient (Wildman–Crippen LogP) is 3.72. The van der Waals surface area contributed by atoms with E-state index in [2.05, 4.69) is 14.7 Å². The van der Waals surface area contributed by atoms with E-state index in [0.717, 1.165) is 4.90 Å². The average Bonchev–Trinajstić information content (AvgIpc) is 2.42. The summed E-state index contributed by atoms with van der Waals surface area (Å²) in [6.45, 7) is 0. The molecule has 7 heteroatoms. The van der Waals surface area contributed by atoms with Gasteiger partial charge in [-0.05, 0) is 18.2 Å². The maximum atomic E-state index is 11.3. The van der Waals surface area contributed by atoms with Gasteiger partial charge in [-0.1, -0.05) is 35.0 Å². The summed E-state index contributed by atoms with van der Waals surface area (Å²) < 4.78 is 4.59. The maximum absolute atomic E-state index is 11.3. The Balaban J connectivity index is 2.23. The van der Waals surface area contributed by atoms with Crippen LogP contribution in [0, 0.1) is 0 Å². The molecule has 0 saturated carbocycles. The molecule has 1 aromatic carbocycles. The van der Waals surface area contributed by atoms with E-state index >= 15 is 0 Å². The smallest absolute Gasteiger partial charge is 0.358 e. The molecule has 0 bridgehead atoms. The standard InChI is InChI=1S/C12H8Cl2N2O2S/c1-18-12(17)10-5-15-6-11(16-10)19-7-2-3-8(13)9(14)4-7/h2-6H,1H3. The topological polar surface area (TPSA) is 52.1 Å². The van der Waals surface area contributed by atoms with E-state index in [4.69, 9.17) is 23.2 Å². The lowest BCUT2D eigenvalue weighted by Gasteiger charge is -2.03. The molecule has 2 aromatic rings. The van der Waals surface area contributed by atoms with Crippen LogP contribution in [0.2, 0.25) is 10.0 Å². The minimum atomic E-state index is -0.524. The lowest BCUT2D eigenvalue weighted by atomic mass is 10.4.